The zero-order valence-electron chi connectivity index (χ0n) is 16.8. The van der Waals surface area contributed by atoms with Crippen molar-refractivity contribution in [2.45, 2.75) is 96.8 Å². The highest BCUT2D eigenvalue weighted by Gasteiger charge is 2.00. The van der Waals surface area contributed by atoms with Gasteiger partial charge in [-0.1, -0.05) is 108 Å². The first-order chi connectivity index (χ1) is 12.9. The zero-order chi connectivity index (χ0) is 18.7. The number of rotatable bonds is 17. The molecule has 0 saturated heterocycles. The Morgan fingerprint density at radius 1 is 0.769 bits per heavy atom. The fourth-order valence-electron chi connectivity index (χ4n) is 3.26. The molecule has 3 nitrogen and oxygen atoms in total. The van der Waals surface area contributed by atoms with Gasteiger partial charge in [0.2, 0.25) is 0 Å². The molecule has 1 aromatic rings. The van der Waals surface area contributed by atoms with E-state index in [0.717, 1.165) is 24.3 Å². The lowest BCUT2D eigenvalue weighted by Crippen LogP contribution is -2.00. The molecule has 1 rings (SSSR count). The molecule has 0 aromatic heterocycles. The van der Waals surface area contributed by atoms with E-state index in [2.05, 4.69) is 12.1 Å². The molecule has 1 N–H and O–H groups in total. The average molecular weight is 362 g/mol. The topological polar surface area (TPSA) is 41.8 Å². The highest BCUT2D eigenvalue weighted by Crippen LogP contribution is 2.17. The van der Waals surface area contributed by atoms with E-state index < -0.39 is 0 Å². The van der Waals surface area contributed by atoms with Crippen LogP contribution in [-0.2, 0) is 0 Å². The van der Waals surface area contributed by atoms with E-state index in [0.29, 0.717) is 0 Å². The second-order valence-electron chi connectivity index (χ2n) is 7.23. The molecule has 0 fully saturated rings. The molecule has 0 aliphatic heterocycles. The van der Waals surface area contributed by atoms with Crippen LogP contribution in [0, 0.1) is 0 Å². The summed E-state index contributed by atoms with van der Waals surface area (Å²) in [4.78, 5) is 0. The van der Waals surface area contributed by atoms with Gasteiger partial charge < -0.3 is 9.94 Å². The third-order valence-corrected chi connectivity index (χ3v) is 4.87. The summed E-state index contributed by atoms with van der Waals surface area (Å²) in [6.07, 6.45) is 20.5. The monoisotopic (exact) mass is 361 g/mol. The van der Waals surface area contributed by atoms with Crippen molar-refractivity contribution in [2.24, 2.45) is 5.16 Å². The molecule has 0 aliphatic carbocycles. The van der Waals surface area contributed by atoms with E-state index in [-0.39, 0.29) is 0 Å². The number of ether oxygens (including phenoxy) is 1. The summed E-state index contributed by atoms with van der Waals surface area (Å²) in [5, 5.41) is 11.7. The molecule has 1 aromatic carbocycles. The summed E-state index contributed by atoms with van der Waals surface area (Å²) in [6, 6.07) is 7.66. The van der Waals surface area contributed by atoms with Gasteiger partial charge >= 0.3 is 0 Å². The molecule has 0 saturated carbocycles. The number of oxime groups is 1. The SMILES string of the molecule is CCCCCCCCCCCCCCCCOc1ccccc1/C=N\O. The van der Waals surface area contributed by atoms with Gasteiger partial charge in [-0.2, -0.15) is 0 Å². The van der Waals surface area contributed by atoms with Crippen molar-refractivity contribution in [3.63, 3.8) is 0 Å². The van der Waals surface area contributed by atoms with Crippen LogP contribution in [0.4, 0.5) is 0 Å². The Kier molecular flexibility index (Phi) is 14.7. The third-order valence-electron chi connectivity index (χ3n) is 4.87. The molecule has 0 bridgehead atoms. The summed E-state index contributed by atoms with van der Waals surface area (Å²) in [6.45, 7) is 3.01. The van der Waals surface area contributed by atoms with Gasteiger partial charge in [0.15, 0.2) is 0 Å². The van der Waals surface area contributed by atoms with E-state index in [1.54, 1.807) is 0 Å². The molecule has 3 heteroatoms. The van der Waals surface area contributed by atoms with E-state index in [1.807, 2.05) is 24.3 Å². The zero-order valence-corrected chi connectivity index (χ0v) is 16.8. The van der Waals surface area contributed by atoms with Crippen molar-refractivity contribution in [1.29, 1.82) is 0 Å². The normalized spacial score (nSPS) is 11.3. The number of unbranched alkanes of at least 4 members (excludes halogenated alkanes) is 13. The lowest BCUT2D eigenvalue weighted by atomic mass is 10.0. The number of benzene rings is 1. The molecular weight excluding hydrogens is 322 g/mol. The molecule has 0 spiro atoms. The first-order valence-electron chi connectivity index (χ1n) is 10.8. The quantitative estimate of drug-likeness (QED) is 0.136. The maximum Gasteiger partial charge on any atom is 0.128 e. The second-order valence-corrected chi connectivity index (χ2v) is 7.23. The average Bonchev–Trinajstić information content (AvgIpc) is 2.66. The lowest BCUT2D eigenvalue weighted by molar-refractivity contribution is 0.302. The molecule has 26 heavy (non-hydrogen) atoms. The minimum atomic E-state index is 0.730. The van der Waals surface area contributed by atoms with Gasteiger partial charge in [-0.15, -0.1) is 0 Å². The van der Waals surface area contributed by atoms with Crippen LogP contribution in [0.15, 0.2) is 29.4 Å². The van der Waals surface area contributed by atoms with Crippen LogP contribution in [-0.4, -0.2) is 18.0 Å². The molecule has 0 aliphatic rings. The van der Waals surface area contributed by atoms with Gasteiger partial charge in [-0.3, -0.25) is 0 Å². The molecule has 0 radical (unpaired) electrons. The van der Waals surface area contributed by atoms with Gasteiger partial charge in [0.05, 0.1) is 12.8 Å². The lowest BCUT2D eigenvalue weighted by Gasteiger charge is -2.08. The minimum Gasteiger partial charge on any atom is -0.493 e. The molecule has 0 unspecified atom stereocenters. The Labute approximate surface area is 160 Å². The minimum absolute atomic E-state index is 0.730. The van der Waals surface area contributed by atoms with E-state index in [1.165, 1.54) is 89.7 Å². The largest absolute Gasteiger partial charge is 0.493 e. The van der Waals surface area contributed by atoms with Crippen LogP contribution < -0.4 is 4.74 Å². The van der Waals surface area contributed by atoms with Crippen molar-refractivity contribution < 1.29 is 9.94 Å². The van der Waals surface area contributed by atoms with Crippen LogP contribution in [0.25, 0.3) is 0 Å². The predicted octanol–water partition coefficient (Wildman–Crippen LogP) is 7.35. The summed E-state index contributed by atoms with van der Waals surface area (Å²) < 4.78 is 5.79. The van der Waals surface area contributed by atoms with Crippen LogP contribution in [0.2, 0.25) is 0 Å². The summed E-state index contributed by atoms with van der Waals surface area (Å²) in [5.74, 6) is 0.792. The van der Waals surface area contributed by atoms with Gasteiger partial charge in [-0.25, -0.2) is 0 Å². The van der Waals surface area contributed by atoms with Gasteiger partial charge in [-0.05, 0) is 18.6 Å². The highest BCUT2D eigenvalue weighted by molar-refractivity contribution is 5.82. The first-order valence-corrected chi connectivity index (χ1v) is 10.8. The maximum absolute atomic E-state index is 8.66. The van der Waals surface area contributed by atoms with Crippen LogP contribution in [0.1, 0.15) is 102 Å². The Hall–Kier alpha value is -1.51. The van der Waals surface area contributed by atoms with Crippen LogP contribution >= 0.6 is 0 Å². The standard InChI is InChI=1S/C23H39NO2/c1-2-3-4-5-6-7-8-9-10-11-12-13-14-17-20-26-23-19-16-15-18-22(23)21-24-25/h15-16,18-19,21,25H,2-14,17,20H2,1H3/b24-21-. The first kappa shape index (κ1) is 22.5. The fraction of sp³-hybridized carbons (Fsp3) is 0.696. The van der Waals surface area contributed by atoms with Gasteiger partial charge in [0.1, 0.15) is 5.75 Å². The Bertz CT molecular complexity index is 459. The predicted molar refractivity (Wildman–Crippen MR) is 112 cm³/mol. The number of hydrogen-bond donors (Lipinski definition) is 1. The maximum atomic E-state index is 8.66. The van der Waals surface area contributed by atoms with Crippen molar-refractivity contribution in [3.8, 4) is 5.75 Å². The Morgan fingerprint density at radius 3 is 1.81 bits per heavy atom. The molecular formula is C23H39NO2. The van der Waals surface area contributed by atoms with Crippen LogP contribution in [0.3, 0.4) is 0 Å². The molecule has 0 atom stereocenters. The van der Waals surface area contributed by atoms with Crippen molar-refractivity contribution >= 4 is 6.21 Å². The van der Waals surface area contributed by atoms with Crippen molar-refractivity contribution in [1.82, 2.24) is 0 Å². The second kappa shape index (κ2) is 16.9. The van der Waals surface area contributed by atoms with E-state index in [9.17, 15) is 0 Å². The molecule has 0 amide bonds. The fourth-order valence-corrected chi connectivity index (χ4v) is 3.26. The summed E-state index contributed by atoms with van der Waals surface area (Å²) in [7, 11) is 0. The van der Waals surface area contributed by atoms with Gasteiger partial charge in [0.25, 0.3) is 0 Å². The highest BCUT2D eigenvalue weighted by atomic mass is 16.5. The van der Waals surface area contributed by atoms with E-state index >= 15 is 0 Å². The summed E-state index contributed by atoms with van der Waals surface area (Å²) in [5.41, 5.74) is 0.820. The molecule has 148 valence electrons. The smallest absolute Gasteiger partial charge is 0.128 e. The van der Waals surface area contributed by atoms with Crippen LogP contribution in [0.5, 0.6) is 5.75 Å². The van der Waals surface area contributed by atoms with Crippen molar-refractivity contribution in [3.05, 3.63) is 29.8 Å². The van der Waals surface area contributed by atoms with Crippen molar-refractivity contribution in [2.75, 3.05) is 6.61 Å². The van der Waals surface area contributed by atoms with Gasteiger partial charge in [0, 0.05) is 5.56 Å². The van der Waals surface area contributed by atoms with E-state index in [4.69, 9.17) is 9.94 Å². The summed E-state index contributed by atoms with van der Waals surface area (Å²) >= 11 is 0. The Morgan fingerprint density at radius 2 is 1.27 bits per heavy atom. The molecule has 0 heterocycles. The number of hydrogen-bond acceptors (Lipinski definition) is 3. The number of para-hydroxylation sites is 1. The Balaban J connectivity index is 1.87. The number of nitrogens with zero attached hydrogens (tertiary/aromatic N) is 1. The third kappa shape index (κ3) is 11.9.